The zero-order chi connectivity index (χ0) is 18.5. The summed E-state index contributed by atoms with van der Waals surface area (Å²) in [7, 11) is 1.33. The molecular formula is C19H25N3O4. The number of benzene rings is 1. The molecule has 26 heavy (non-hydrogen) atoms. The van der Waals surface area contributed by atoms with Gasteiger partial charge in [0.15, 0.2) is 5.69 Å². The van der Waals surface area contributed by atoms with E-state index in [1.54, 1.807) is 0 Å². The minimum absolute atomic E-state index is 0.145. The van der Waals surface area contributed by atoms with E-state index >= 15 is 0 Å². The van der Waals surface area contributed by atoms with Crippen molar-refractivity contribution in [1.29, 1.82) is 0 Å². The van der Waals surface area contributed by atoms with Crippen LogP contribution in [0, 0.1) is 0 Å². The van der Waals surface area contributed by atoms with Gasteiger partial charge in [-0.15, -0.1) is 0 Å². The van der Waals surface area contributed by atoms with E-state index in [0.717, 1.165) is 37.6 Å². The highest BCUT2D eigenvalue weighted by Crippen LogP contribution is 2.29. The van der Waals surface area contributed by atoms with Crippen molar-refractivity contribution >= 4 is 11.7 Å². The summed E-state index contributed by atoms with van der Waals surface area (Å²) in [4.78, 5) is 20.2. The largest absolute Gasteiger partial charge is 0.489 e. The lowest BCUT2D eigenvalue weighted by Gasteiger charge is -2.36. The molecule has 1 aliphatic rings. The summed E-state index contributed by atoms with van der Waals surface area (Å²) in [6.07, 6.45) is 1.49. The monoisotopic (exact) mass is 359 g/mol. The molecule has 2 aromatic rings. The average Bonchev–Trinajstić information content (AvgIpc) is 3.10. The Hall–Kier alpha value is -2.54. The first-order valence-corrected chi connectivity index (χ1v) is 8.82. The van der Waals surface area contributed by atoms with Crippen molar-refractivity contribution in [2.24, 2.45) is 0 Å². The van der Waals surface area contributed by atoms with Crippen LogP contribution in [0.2, 0.25) is 0 Å². The highest BCUT2D eigenvalue weighted by Gasteiger charge is 2.22. The van der Waals surface area contributed by atoms with Crippen molar-refractivity contribution in [3.63, 3.8) is 0 Å². The lowest BCUT2D eigenvalue weighted by atomic mass is 10.2. The molecule has 3 rings (SSSR count). The number of nitrogens with zero attached hydrogens (tertiary/aromatic N) is 3. The van der Waals surface area contributed by atoms with E-state index in [4.69, 9.17) is 9.15 Å². The smallest absolute Gasteiger partial charge is 0.360 e. The zero-order valence-corrected chi connectivity index (χ0v) is 15.5. The molecule has 1 aromatic carbocycles. The number of piperazine rings is 1. The molecule has 0 unspecified atom stereocenters. The van der Waals surface area contributed by atoms with Gasteiger partial charge in [0.25, 0.3) is 0 Å². The standard InChI is InChI=1S/C19H25N3O4/c1-14(2)26-17-7-5-4-6-16(17)22-10-8-21(9-11-22)12-18-20-15(13-25-18)19(23)24-3/h4-7,13-14H,8-12H2,1-3H3. The molecule has 2 heterocycles. The molecule has 1 aromatic heterocycles. The number of oxazole rings is 1. The molecule has 7 nitrogen and oxygen atoms in total. The molecule has 0 bridgehead atoms. The average molecular weight is 359 g/mol. The van der Waals surface area contributed by atoms with E-state index in [9.17, 15) is 4.79 Å². The maximum Gasteiger partial charge on any atom is 0.360 e. The van der Waals surface area contributed by atoms with Gasteiger partial charge in [-0.05, 0) is 26.0 Å². The Balaban J connectivity index is 1.58. The number of methoxy groups -OCH3 is 1. The van der Waals surface area contributed by atoms with Crippen LogP contribution in [0.4, 0.5) is 5.69 Å². The highest BCUT2D eigenvalue weighted by atomic mass is 16.5. The van der Waals surface area contributed by atoms with Crippen molar-refractivity contribution in [3.05, 3.63) is 42.1 Å². The van der Waals surface area contributed by atoms with Gasteiger partial charge < -0.3 is 18.8 Å². The van der Waals surface area contributed by atoms with Gasteiger partial charge in [0.05, 0.1) is 25.4 Å². The Labute approximate surface area is 153 Å². The summed E-state index contributed by atoms with van der Waals surface area (Å²) in [5.41, 5.74) is 1.34. The summed E-state index contributed by atoms with van der Waals surface area (Å²) in [5.74, 6) is 0.973. The van der Waals surface area contributed by atoms with Gasteiger partial charge in [0.1, 0.15) is 12.0 Å². The summed E-state index contributed by atoms with van der Waals surface area (Å²) in [5, 5.41) is 0. The first-order chi connectivity index (χ1) is 12.6. The molecular weight excluding hydrogens is 334 g/mol. The molecule has 1 saturated heterocycles. The van der Waals surface area contributed by atoms with Gasteiger partial charge in [0.2, 0.25) is 5.89 Å². The normalized spacial score (nSPS) is 15.3. The number of hydrogen-bond acceptors (Lipinski definition) is 7. The van der Waals surface area contributed by atoms with E-state index in [-0.39, 0.29) is 11.8 Å². The third-order valence-electron chi connectivity index (χ3n) is 4.25. The summed E-state index contributed by atoms with van der Waals surface area (Å²) in [6.45, 7) is 8.19. The number of carbonyl (C=O) groups is 1. The molecule has 0 aliphatic carbocycles. The Bertz CT molecular complexity index is 736. The number of carbonyl (C=O) groups excluding carboxylic acids is 1. The lowest BCUT2D eigenvalue weighted by molar-refractivity contribution is 0.0594. The SMILES string of the molecule is COC(=O)c1coc(CN2CCN(c3ccccc3OC(C)C)CC2)n1. The van der Waals surface area contributed by atoms with Crippen LogP contribution in [-0.2, 0) is 11.3 Å². The molecule has 1 fully saturated rings. The van der Waals surface area contributed by atoms with Crippen molar-refractivity contribution in [2.75, 3.05) is 38.2 Å². The van der Waals surface area contributed by atoms with Crippen LogP contribution in [0.25, 0.3) is 0 Å². The van der Waals surface area contributed by atoms with Crippen LogP contribution in [0.15, 0.2) is 34.9 Å². The van der Waals surface area contributed by atoms with Crippen molar-refractivity contribution in [2.45, 2.75) is 26.5 Å². The number of anilines is 1. The number of esters is 1. The molecule has 0 N–H and O–H groups in total. The lowest BCUT2D eigenvalue weighted by Crippen LogP contribution is -2.46. The molecule has 0 atom stereocenters. The fraction of sp³-hybridized carbons (Fsp3) is 0.474. The summed E-state index contributed by atoms with van der Waals surface area (Å²) in [6, 6.07) is 8.15. The van der Waals surface area contributed by atoms with Crippen LogP contribution in [0.5, 0.6) is 5.75 Å². The van der Waals surface area contributed by atoms with Crippen LogP contribution >= 0.6 is 0 Å². The second kappa shape index (κ2) is 8.23. The van der Waals surface area contributed by atoms with Gasteiger partial charge >= 0.3 is 5.97 Å². The van der Waals surface area contributed by atoms with Crippen LogP contribution in [0.1, 0.15) is 30.2 Å². The molecule has 140 valence electrons. The molecule has 0 spiro atoms. The molecule has 0 radical (unpaired) electrons. The predicted octanol–water partition coefficient (Wildman–Crippen LogP) is 2.57. The quantitative estimate of drug-likeness (QED) is 0.734. The van der Waals surface area contributed by atoms with Crippen molar-refractivity contribution < 1.29 is 18.7 Å². The van der Waals surface area contributed by atoms with Crippen LogP contribution in [0.3, 0.4) is 0 Å². The van der Waals surface area contributed by atoms with Crippen LogP contribution < -0.4 is 9.64 Å². The number of ether oxygens (including phenoxy) is 2. The van der Waals surface area contributed by atoms with Crippen molar-refractivity contribution in [1.82, 2.24) is 9.88 Å². The summed E-state index contributed by atoms with van der Waals surface area (Å²) < 4.78 is 16.0. The van der Waals surface area contributed by atoms with Gasteiger partial charge in [-0.3, -0.25) is 4.90 Å². The van der Waals surface area contributed by atoms with Gasteiger partial charge in [0, 0.05) is 26.2 Å². The van der Waals surface area contributed by atoms with Gasteiger partial charge in [-0.1, -0.05) is 12.1 Å². The minimum Gasteiger partial charge on any atom is -0.489 e. The third-order valence-corrected chi connectivity index (χ3v) is 4.25. The molecule has 7 heteroatoms. The van der Waals surface area contributed by atoms with E-state index in [1.807, 2.05) is 32.0 Å². The third kappa shape index (κ3) is 4.35. The Morgan fingerprint density at radius 1 is 1.23 bits per heavy atom. The maximum absolute atomic E-state index is 11.5. The second-order valence-corrected chi connectivity index (χ2v) is 6.52. The van der Waals surface area contributed by atoms with Gasteiger partial charge in [-0.2, -0.15) is 0 Å². The Morgan fingerprint density at radius 3 is 2.65 bits per heavy atom. The number of rotatable bonds is 6. The highest BCUT2D eigenvalue weighted by molar-refractivity contribution is 5.86. The van der Waals surface area contributed by atoms with Crippen LogP contribution in [-0.4, -0.2) is 55.2 Å². The maximum atomic E-state index is 11.5. The van der Waals surface area contributed by atoms with Gasteiger partial charge in [-0.25, -0.2) is 9.78 Å². The number of aromatic nitrogens is 1. The van der Waals surface area contributed by atoms with E-state index < -0.39 is 5.97 Å². The van der Waals surface area contributed by atoms with E-state index in [0.29, 0.717) is 12.4 Å². The number of hydrogen-bond donors (Lipinski definition) is 0. The Morgan fingerprint density at radius 2 is 1.96 bits per heavy atom. The molecule has 0 saturated carbocycles. The predicted molar refractivity (Wildman–Crippen MR) is 97.5 cm³/mol. The topological polar surface area (TPSA) is 68.0 Å². The fourth-order valence-electron chi connectivity index (χ4n) is 2.99. The minimum atomic E-state index is -0.480. The Kier molecular flexibility index (Phi) is 5.78. The number of para-hydroxylation sites is 2. The second-order valence-electron chi connectivity index (χ2n) is 6.52. The fourth-order valence-corrected chi connectivity index (χ4v) is 2.99. The summed E-state index contributed by atoms with van der Waals surface area (Å²) >= 11 is 0. The zero-order valence-electron chi connectivity index (χ0n) is 15.5. The first-order valence-electron chi connectivity index (χ1n) is 8.82. The molecule has 0 amide bonds. The molecule has 1 aliphatic heterocycles. The van der Waals surface area contributed by atoms with E-state index in [2.05, 4.69) is 25.6 Å². The van der Waals surface area contributed by atoms with Crippen molar-refractivity contribution in [3.8, 4) is 5.75 Å². The first kappa shape index (κ1) is 18.3. The van der Waals surface area contributed by atoms with E-state index in [1.165, 1.54) is 13.4 Å².